The second kappa shape index (κ2) is 4.72. The van der Waals surface area contributed by atoms with Gasteiger partial charge in [0.25, 0.3) is 0 Å². The topological polar surface area (TPSA) is 3.88 Å². The Hall–Kier alpha value is -1.37. The van der Waals surface area contributed by atoms with Crippen LogP contribution in [0.2, 0.25) is 0 Å². The average Bonchev–Trinajstić information content (AvgIpc) is 2.91. The standard InChI is InChI=1S/C17H22N/c1-13(2)18-12-16(14-7-3-4-8-14)11-15-9-5-6-10-17(15)18/h5-6,9-14H,3-4,7-8H2,1-2H3/q+1. The Morgan fingerprint density at radius 3 is 2.56 bits per heavy atom. The zero-order valence-corrected chi connectivity index (χ0v) is 11.4. The highest BCUT2D eigenvalue weighted by atomic mass is 15.0. The molecule has 3 rings (SSSR count). The fraction of sp³-hybridized carbons (Fsp3) is 0.471. The van der Waals surface area contributed by atoms with Gasteiger partial charge in [-0.3, -0.25) is 0 Å². The molecule has 1 aromatic carbocycles. The molecule has 0 atom stereocenters. The SMILES string of the molecule is CC(C)[n+]1cc(C2CCCC2)cc2ccccc21. The highest BCUT2D eigenvalue weighted by Crippen LogP contribution is 2.34. The van der Waals surface area contributed by atoms with Crippen LogP contribution < -0.4 is 4.57 Å². The normalized spacial score (nSPS) is 16.8. The molecule has 1 heterocycles. The third-order valence-electron chi connectivity index (χ3n) is 4.21. The third kappa shape index (κ3) is 2.03. The van der Waals surface area contributed by atoms with E-state index in [-0.39, 0.29) is 0 Å². The molecule has 0 spiro atoms. The van der Waals surface area contributed by atoms with Gasteiger partial charge in [0, 0.05) is 17.0 Å². The van der Waals surface area contributed by atoms with Crippen LogP contribution in [0.15, 0.2) is 36.5 Å². The molecule has 0 N–H and O–H groups in total. The fourth-order valence-corrected chi connectivity index (χ4v) is 3.20. The van der Waals surface area contributed by atoms with E-state index in [2.05, 4.69) is 54.9 Å². The maximum absolute atomic E-state index is 2.43. The maximum Gasteiger partial charge on any atom is 0.212 e. The van der Waals surface area contributed by atoms with Crippen LogP contribution in [0.5, 0.6) is 0 Å². The van der Waals surface area contributed by atoms with Crippen LogP contribution in [0.1, 0.15) is 57.1 Å². The van der Waals surface area contributed by atoms with Crippen molar-refractivity contribution in [1.82, 2.24) is 0 Å². The molecule has 0 unspecified atom stereocenters. The molecule has 1 fully saturated rings. The predicted molar refractivity (Wildman–Crippen MR) is 75.7 cm³/mol. The van der Waals surface area contributed by atoms with E-state index in [0.29, 0.717) is 6.04 Å². The van der Waals surface area contributed by atoms with E-state index < -0.39 is 0 Å². The van der Waals surface area contributed by atoms with Crippen LogP contribution in [0.25, 0.3) is 10.9 Å². The molecule has 18 heavy (non-hydrogen) atoms. The molecule has 1 heteroatoms. The van der Waals surface area contributed by atoms with E-state index >= 15 is 0 Å². The molecule has 0 amide bonds. The summed E-state index contributed by atoms with van der Waals surface area (Å²) in [6, 6.07) is 11.7. The van der Waals surface area contributed by atoms with Gasteiger partial charge in [0.1, 0.15) is 0 Å². The molecule has 0 aliphatic heterocycles. The van der Waals surface area contributed by atoms with Crippen molar-refractivity contribution >= 4 is 10.9 Å². The zero-order valence-electron chi connectivity index (χ0n) is 11.4. The minimum atomic E-state index is 0.524. The summed E-state index contributed by atoms with van der Waals surface area (Å²) in [5, 5.41) is 1.38. The van der Waals surface area contributed by atoms with Gasteiger partial charge in [-0.25, -0.2) is 0 Å². The summed E-state index contributed by atoms with van der Waals surface area (Å²) in [4.78, 5) is 0. The number of nitrogens with zero attached hydrogens (tertiary/aromatic N) is 1. The lowest BCUT2D eigenvalue weighted by atomic mass is 9.97. The molecule has 0 saturated heterocycles. The number of fused-ring (bicyclic) bond motifs is 1. The lowest BCUT2D eigenvalue weighted by molar-refractivity contribution is -0.691. The van der Waals surface area contributed by atoms with Gasteiger partial charge < -0.3 is 0 Å². The number of pyridine rings is 1. The molecule has 1 nitrogen and oxygen atoms in total. The van der Waals surface area contributed by atoms with Crippen LogP contribution in [0.4, 0.5) is 0 Å². The summed E-state index contributed by atoms with van der Waals surface area (Å²) in [7, 11) is 0. The average molecular weight is 240 g/mol. The van der Waals surface area contributed by atoms with E-state index in [9.17, 15) is 0 Å². The molecule has 1 aliphatic rings. The van der Waals surface area contributed by atoms with Gasteiger partial charge >= 0.3 is 0 Å². The lowest BCUT2D eigenvalue weighted by Gasteiger charge is -2.12. The lowest BCUT2D eigenvalue weighted by Crippen LogP contribution is -2.37. The van der Waals surface area contributed by atoms with Crippen molar-refractivity contribution in [3.63, 3.8) is 0 Å². The molecule has 0 bridgehead atoms. The molecule has 94 valence electrons. The molecule has 1 saturated carbocycles. The molecular weight excluding hydrogens is 218 g/mol. The highest BCUT2D eigenvalue weighted by Gasteiger charge is 2.22. The van der Waals surface area contributed by atoms with Gasteiger partial charge in [0.15, 0.2) is 12.2 Å². The Morgan fingerprint density at radius 1 is 1.11 bits per heavy atom. The van der Waals surface area contributed by atoms with Crippen molar-refractivity contribution < 1.29 is 4.57 Å². The first-order valence-corrected chi connectivity index (χ1v) is 7.19. The van der Waals surface area contributed by atoms with Crippen LogP contribution in [-0.2, 0) is 0 Å². The molecular formula is C17H22N+. The maximum atomic E-state index is 2.43. The van der Waals surface area contributed by atoms with Gasteiger partial charge in [-0.15, -0.1) is 0 Å². The molecule has 1 aromatic heterocycles. The van der Waals surface area contributed by atoms with Crippen LogP contribution >= 0.6 is 0 Å². The van der Waals surface area contributed by atoms with Crippen molar-refractivity contribution in [2.45, 2.75) is 51.5 Å². The Morgan fingerprint density at radius 2 is 1.83 bits per heavy atom. The highest BCUT2D eigenvalue weighted by molar-refractivity contribution is 5.76. The summed E-state index contributed by atoms with van der Waals surface area (Å²) in [6.45, 7) is 4.54. The monoisotopic (exact) mass is 240 g/mol. The third-order valence-corrected chi connectivity index (χ3v) is 4.21. The first-order valence-electron chi connectivity index (χ1n) is 7.19. The zero-order chi connectivity index (χ0) is 12.5. The van der Waals surface area contributed by atoms with Crippen molar-refractivity contribution in [3.8, 4) is 0 Å². The minimum absolute atomic E-state index is 0.524. The van der Waals surface area contributed by atoms with E-state index in [1.807, 2.05) is 0 Å². The first kappa shape index (κ1) is 11.7. The second-order valence-corrected chi connectivity index (χ2v) is 5.81. The van der Waals surface area contributed by atoms with Crippen molar-refractivity contribution in [1.29, 1.82) is 0 Å². The number of para-hydroxylation sites is 1. The van der Waals surface area contributed by atoms with Crippen molar-refractivity contribution in [3.05, 3.63) is 42.1 Å². The number of benzene rings is 1. The smallest absolute Gasteiger partial charge is 0.196 e. The minimum Gasteiger partial charge on any atom is -0.196 e. The molecule has 0 radical (unpaired) electrons. The number of hydrogen-bond donors (Lipinski definition) is 0. The Balaban J connectivity index is 2.16. The summed E-state index contributed by atoms with van der Waals surface area (Å²) in [5.74, 6) is 0.791. The first-order chi connectivity index (χ1) is 8.75. The van der Waals surface area contributed by atoms with Crippen molar-refractivity contribution in [2.75, 3.05) is 0 Å². The largest absolute Gasteiger partial charge is 0.212 e. The molecule has 1 aliphatic carbocycles. The number of rotatable bonds is 2. The van der Waals surface area contributed by atoms with Gasteiger partial charge in [0.05, 0.1) is 0 Å². The molecule has 2 aromatic rings. The van der Waals surface area contributed by atoms with Crippen LogP contribution in [-0.4, -0.2) is 0 Å². The summed E-state index contributed by atoms with van der Waals surface area (Å²) >= 11 is 0. The second-order valence-electron chi connectivity index (χ2n) is 5.81. The van der Waals surface area contributed by atoms with Gasteiger partial charge in [-0.1, -0.05) is 25.0 Å². The summed E-state index contributed by atoms with van der Waals surface area (Å²) < 4.78 is 2.43. The summed E-state index contributed by atoms with van der Waals surface area (Å²) in [6.07, 6.45) is 7.94. The Labute approximate surface area is 109 Å². The fourth-order valence-electron chi connectivity index (χ4n) is 3.20. The van der Waals surface area contributed by atoms with Gasteiger partial charge in [0.2, 0.25) is 5.52 Å². The summed E-state index contributed by atoms with van der Waals surface area (Å²) in [5.41, 5.74) is 2.90. The predicted octanol–water partition coefficient (Wildman–Crippen LogP) is 4.37. The van der Waals surface area contributed by atoms with Crippen LogP contribution in [0.3, 0.4) is 0 Å². The van der Waals surface area contributed by atoms with Crippen molar-refractivity contribution in [2.24, 2.45) is 0 Å². The quantitative estimate of drug-likeness (QED) is 0.686. The van der Waals surface area contributed by atoms with Crippen LogP contribution in [0, 0.1) is 0 Å². The van der Waals surface area contributed by atoms with E-state index in [1.165, 1.54) is 36.6 Å². The number of aromatic nitrogens is 1. The van der Waals surface area contributed by atoms with Gasteiger partial charge in [-0.05, 0) is 44.7 Å². The van der Waals surface area contributed by atoms with E-state index in [0.717, 1.165) is 5.92 Å². The van der Waals surface area contributed by atoms with E-state index in [4.69, 9.17) is 0 Å². The van der Waals surface area contributed by atoms with Gasteiger partial charge in [-0.2, -0.15) is 4.57 Å². The Kier molecular flexibility index (Phi) is 3.07. The Bertz CT molecular complexity index is 551. The number of hydrogen-bond acceptors (Lipinski definition) is 0. The van der Waals surface area contributed by atoms with E-state index in [1.54, 1.807) is 5.56 Å².